The predicted molar refractivity (Wildman–Crippen MR) is 51.1 cm³/mol. The van der Waals surface area contributed by atoms with Crippen LogP contribution in [0.5, 0.6) is 0 Å². The molecule has 0 unspecified atom stereocenters. The quantitative estimate of drug-likeness (QED) is 0.588. The van der Waals surface area contributed by atoms with E-state index in [9.17, 15) is 13.2 Å². The zero-order valence-corrected chi connectivity index (χ0v) is 8.58. The van der Waals surface area contributed by atoms with Gasteiger partial charge in [-0.3, -0.25) is 0 Å². The minimum absolute atomic E-state index is 0.319. The normalized spacial score (nSPS) is 19.9. The summed E-state index contributed by atoms with van der Waals surface area (Å²) in [7, 11) is 0. The molecule has 0 radical (unpaired) electrons. The highest BCUT2D eigenvalue weighted by molar-refractivity contribution is 4.66. The molecule has 0 spiro atoms. The first kappa shape index (κ1) is 11.9. The molecule has 0 aromatic heterocycles. The summed E-state index contributed by atoms with van der Waals surface area (Å²) in [6.07, 6.45) is 3.90. The molecule has 1 saturated carbocycles. The van der Waals surface area contributed by atoms with Crippen LogP contribution in [0.25, 0.3) is 0 Å². The Bertz CT molecular complexity index is 145. The van der Waals surface area contributed by atoms with Crippen molar-refractivity contribution >= 4 is 0 Å². The SMILES string of the molecule is FC(F)(F)CCCCC1CCCCC1. The van der Waals surface area contributed by atoms with Gasteiger partial charge in [0.25, 0.3) is 0 Å². The molecule has 0 heterocycles. The summed E-state index contributed by atoms with van der Waals surface area (Å²) in [6, 6.07) is 0. The van der Waals surface area contributed by atoms with E-state index in [1.807, 2.05) is 0 Å². The van der Waals surface area contributed by atoms with Gasteiger partial charge in [-0.15, -0.1) is 0 Å². The molecule has 0 saturated heterocycles. The van der Waals surface area contributed by atoms with Gasteiger partial charge in [0.15, 0.2) is 0 Å². The first-order chi connectivity index (χ1) is 6.58. The minimum Gasteiger partial charge on any atom is -0.171 e. The van der Waals surface area contributed by atoms with Crippen molar-refractivity contribution in [2.75, 3.05) is 0 Å². The Kier molecular flexibility index (Phi) is 4.76. The highest BCUT2D eigenvalue weighted by Crippen LogP contribution is 2.29. The molecule has 1 fully saturated rings. The molecule has 0 aromatic carbocycles. The predicted octanol–water partition coefficient (Wildman–Crippen LogP) is 4.69. The summed E-state index contributed by atoms with van der Waals surface area (Å²) in [4.78, 5) is 0. The average Bonchev–Trinajstić information content (AvgIpc) is 2.13. The van der Waals surface area contributed by atoms with Crippen LogP contribution in [0.15, 0.2) is 0 Å². The molecule has 0 aliphatic heterocycles. The maximum absolute atomic E-state index is 11.8. The Morgan fingerprint density at radius 2 is 1.57 bits per heavy atom. The van der Waals surface area contributed by atoms with E-state index in [0.717, 1.165) is 18.8 Å². The molecule has 3 heteroatoms. The number of halogens is 3. The lowest BCUT2D eigenvalue weighted by Crippen LogP contribution is -2.08. The van der Waals surface area contributed by atoms with E-state index in [-0.39, 0.29) is 0 Å². The van der Waals surface area contributed by atoms with Crippen LogP contribution < -0.4 is 0 Å². The maximum atomic E-state index is 11.8. The van der Waals surface area contributed by atoms with Crippen LogP contribution in [0, 0.1) is 5.92 Å². The van der Waals surface area contributed by atoms with E-state index >= 15 is 0 Å². The monoisotopic (exact) mass is 208 g/mol. The number of hydrogen-bond donors (Lipinski definition) is 0. The molecule has 14 heavy (non-hydrogen) atoms. The Balaban J connectivity index is 1.97. The van der Waals surface area contributed by atoms with Crippen molar-refractivity contribution in [3.63, 3.8) is 0 Å². The van der Waals surface area contributed by atoms with Crippen LogP contribution in [0.2, 0.25) is 0 Å². The van der Waals surface area contributed by atoms with Crippen molar-refractivity contribution in [1.29, 1.82) is 0 Å². The zero-order valence-electron chi connectivity index (χ0n) is 8.58. The van der Waals surface area contributed by atoms with Crippen LogP contribution in [0.1, 0.15) is 57.8 Å². The van der Waals surface area contributed by atoms with Crippen molar-refractivity contribution in [3.8, 4) is 0 Å². The van der Waals surface area contributed by atoms with Gasteiger partial charge in [-0.1, -0.05) is 44.9 Å². The molecule has 0 bridgehead atoms. The smallest absolute Gasteiger partial charge is 0.171 e. The van der Waals surface area contributed by atoms with Gasteiger partial charge in [-0.05, 0) is 12.3 Å². The van der Waals surface area contributed by atoms with Gasteiger partial charge < -0.3 is 0 Å². The maximum Gasteiger partial charge on any atom is 0.389 e. The molecule has 0 amide bonds. The Morgan fingerprint density at radius 1 is 0.929 bits per heavy atom. The van der Waals surface area contributed by atoms with Crippen molar-refractivity contribution in [1.82, 2.24) is 0 Å². The summed E-state index contributed by atoms with van der Waals surface area (Å²) in [5, 5.41) is 0. The molecular formula is C11H19F3. The van der Waals surface area contributed by atoms with Gasteiger partial charge in [0.2, 0.25) is 0 Å². The number of rotatable bonds is 4. The zero-order chi connectivity index (χ0) is 10.4. The molecular weight excluding hydrogens is 189 g/mol. The van der Waals surface area contributed by atoms with Crippen molar-refractivity contribution < 1.29 is 13.2 Å². The standard InChI is InChI=1S/C11H19F3/c12-11(13,14)9-5-4-8-10-6-2-1-3-7-10/h10H,1-9H2. The first-order valence-electron chi connectivity index (χ1n) is 5.65. The van der Waals surface area contributed by atoms with Crippen LogP contribution >= 0.6 is 0 Å². The molecule has 0 atom stereocenters. The van der Waals surface area contributed by atoms with Gasteiger partial charge in [-0.25, -0.2) is 0 Å². The summed E-state index contributed by atoms with van der Waals surface area (Å²) < 4.78 is 35.5. The highest BCUT2D eigenvalue weighted by atomic mass is 19.4. The molecule has 1 aliphatic carbocycles. The Labute approximate surface area is 83.9 Å². The first-order valence-corrected chi connectivity index (χ1v) is 5.65. The van der Waals surface area contributed by atoms with Crippen molar-refractivity contribution in [2.45, 2.75) is 64.0 Å². The lowest BCUT2D eigenvalue weighted by molar-refractivity contribution is -0.135. The fourth-order valence-electron chi connectivity index (χ4n) is 2.23. The fourth-order valence-corrected chi connectivity index (χ4v) is 2.23. The number of hydrogen-bond acceptors (Lipinski definition) is 0. The van der Waals surface area contributed by atoms with Crippen LogP contribution in [0.4, 0.5) is 13.2 Å². The molecule has 0 nitrogen and oxygen atoms in total. The molecule has 0 N–H and O–H groups in total. The molecule has 1 aliphatic rings. The highest BCUT2D eigenvalue weighted by Gasteiger charge is 2.26. The van der Waals surface area contributed by atoms with Crippen molar-refractivity contribution in [2.24, 2.45) is 5.92 Å². The van der Waals surface area contributed by atoms with E-state index in [2.05, 4.69) is 0 Å². The Morgan fingerprint density at radius 3 is 2.14 bits per heavy atom. The molecule has 1 rings (SSSR count). The largest absolute Gasteiger partial charge is 0.389 e. The van der Waals surface area contributed by atoms with E-state index in [1.54, 1.807) is 0 Å². The van der Waals surface area contributed by atoms with Gasteiger partial charge in [0, 0.05) is 6.42 Å². The van der Waals surface area contributed by atoms with E-state index in [0.29, 0.717) is 6.42 Å². The lowest BCUT2D eigenvalue weighted by atomic mass is 9.85. The third-order valence-electron chi connectivity index (χ3n) is 3.05. The summed E-state index contributed by atoms with van der Waals surface area (Å²) in [5.74, 6) is 0.719. The van der Waals surface area contributed by atoms with Crippen LogP contribution in [0.3, 0.4) is 0 Å². The van der Waals surface area contributed by atoms with Gasteiger partial charge in [0.05, 0.1) is 0 Å². The molecule has 84 valence electrons. The second-order valence-corrected chi connectivity index (χ2v) is 4.36. The fraction of sp³-hybridized carbons (Fsp3) is 1.00. The lowest BCUT2D eigenvalue weighted by Gasteiger charge is -2.21. The third-order valence-corrected chi connectivity index (χ3v) is 3.05. The topological polar surface area (TPSA) is 0 Å². The summed E-state index contributed by atoms with van der Waals surface area (Å²) in [5.41, 5.74) is 0. The van der Waals surface area contributed by atoms with E-state index < -0.39 is 12.6 Å². The van der Waals surface area contributed by atoms with Gasteiger partial charge in [-0.2, -0.15) is 13.2 Å². The average molecular weight is 208 g/mol. The van der Waals surface area contributed by atoms with Crippen LogP contribution in [-0.2, 0) is 0 Å². The Hall–Kier alpha value is -0.210. The third kappa shape index (κ3) is 5.51. The number of unbranched alkanes of at least 4 members (excludes halogenated alkanes) is 1. The molecule has 0 aromatic rings. The van der Waals surface area contributed by atoms with E-state index in [4.69, 9.17) is 0 Å². The van der Waals surface area contributed by atoms with Crippen LogP contribution in [-0.4, -0.2) is 6.18 Å². The van der Waals surface area contributed by atoms with E-state index in [1.165, 1.54) is 32.1 Å². The summed E-state index contributed by atoms with van der Waals surface area (Å²) >= 11 is 0. The summed E-state index contributed by atoms with van der Waals surface area (Å²) in [6.45, 7) is 0. The van der Waals surface area contributed by atoms with Gasteiger partial charge in [0.1, 0.15) is 0 Å². The van der Waals surface area contributed by atoms with Gasteiger partial charge >= 0.3 is 6.18 Å². The second-order valence-electron chi connectivity index (χ2n) is 4.36. The second kappa shape index (κ2) is 5.62. The number of alkyl halides is 3. The van der Waals surface area contributed by atoms with Crippen molar-refractivity contribution in [3.05, 3.63) is 0 Å². The minimum atomic E-state index is -3.95.